The summed E-state index contributed by atoms with van der Waals surface area (Å²) in [6.07, 6.45) is 7.96. The molecule has 2 aliphatic heterocycles. The van der Waals surface area contributed by atoms with Crippen LogP contribution in [0.2, 0.25) is 5.02 Å². The molecule has 1 unspecified atom stereocenters. The molecule has 2 N–H and O–H groups in total. The Morgan fingerprint density at radius 2 is 1.69 bits per heavy atom. The van der Waals surface area contributed by atoms with Crippen molar-refractivity contribution in [3.63, 3.8) is 0 Å². The first-order valence-electron chi connectivity index (χ1n) is 13.1. The van der Waals surface area contributed by atoms with Crippen LogP contribution in [0.1, 0.15) is 66.0 Å². The molecule has 1 atom stereocenters. The van der Waals surface area contributed by atoms with Gasteiger partial charge in [-0.2, -0.15) is 0 Å². The summed E-state index contributed by atoms with van der Waals surface area (Å²) >= 11 is 10.5. The molecule has 8 heteroatoms. The van der Waals surface area contributed by atoms with Gasteiger partial charge in [0, 0.05) is 54.2 Å². The zero-order valence-electron chi connectivity index (χ0n) is 20.8. The maximum Gasteiger partial charge on any atom is 0.314 e. The highest BCUT2D eigenvalue weighted by Crippen LogP contribution is 2.45. The SMILES string of the molecule is Cc1cc(Cl)c2c(c1)CCc1cc(Br)cnc1C2C1CCN(C(=O)CC2CCN(C(N)=O)CC2)CC1. The van der Waals surface area contributed by atoms with Crippen molar-refractivity contribution in [2.24, 2.45) is 17.6 Å². The number of amides is 3. The predicted octanol–water partition coefficient (Wildman–Crippen LogP) is 5.46. The quantitative estimate of drug-likeness (QED) is 0.530. The highest BCUT2D eigenvalue weighted by atomic mass is 79.9. The molecule has 6 nitrogen and oxygen atoms in total. The van der Waals surface area contributed by atoms with E-state index < -0.39 is 0 Å². The lowest BCUT2D eigenvalue weighted by Gasteiger charge is -2.38. The molecule has 0 radical (unpaired) electrons. The fraction of sp³-hybridized carbons (Fsp3) is 0.536. The van der Waals surface area contributed by atoms with E-state index in [-0.39, 0.29) is 17.9 Å². The van der Waals surface area contributed by atoms with Crippen LogP contribution in [0.15, 0.2) is 28.9 Å². The van der Waals surface area contributed by atoms with E-state index in [1.165, 1.54) is 22.3 Å². The Labute approximate surface area is 226 Å². The highest BCUT2D eigenvalue weighted by Gasteiger charge is 2.36. The number of rotatable bonds is 3. The Morgan fingerprint density at radius 1 is 1.03 bits per heavy atom. The fourth-order valence-corrected chi connectivity index (χ4v) is 7.22. The van der Waals surface area contributed by atoms with Crippen LogP contribution in [-0.4, -0.2) is 52.9 Å². The summed E-state index contributed by atoms with van der Waals surface area (Å²) in [5.41, 5.74) is 11.6. The molecule has 0 spiro atoms. The van der Waals surface area contributed by atoms with E-state index in [2.05, 4.69) is 41.1 Å². The van der Waals surface area contributed by atoms with Gasteiger partial charge in [0.05, 0.1) is 5.69 Å². The number of pyridine rings is 1. The maximum absolute atomic E-state index is 13.1. The fourth-order valence-electron chi connectivity index (χ4n) is 6.43. The smallest absolute Gasteiger partial charge is 0.314 e. The number of benzene rings is 1. The van der Waals surface area contributed by atoms with E-state index in [0.29, 0.717) is 31.3 Å². The topological polar surface area (TPSA) is 79.5 Å². The lowest BCUT2D eigenvalue weighted by molar-refractivity contribution is -0.134. The summed E-state index contributed by atoms with van der Waals surface area (Å²) in [5, 5.41) is 0.841. The van der Waals surface area contributed by atoms with Gasteiger partial charge in [-0.25, -0.2) is 4.79 Å². The van der Waals surface area contributed by atoms with Gasteiger partial charge in [0.25, 0.3) is 0 Å². The number of hydrogen-bond acceptors (Lipinski definition) is 3. The molecule has 192 valence electrons. The molecule has 1 aromatic carbocycles. The van der Waals surface area contributed by atoms with Gasteiger partial charge in [-0.1, -0.05) is 17.7 Å². The van der Waals surface area contributed by atoms with Crippen LogP contribution in [0, 0.1) is 18.8 Å². The van der Waals surface area contributed by atoms with Crippen molar-refractivity contribution >= 4 is 39.5 Å². The third kappa shape index (κ3) is 5.28. The normalized spacial score (nSPS) is 21.0. The van der Waals surface area contributed by atoms with Crippen LogP contribution in [-0.2, 0) is 17.6 Å². The Kier molecular flexibility index (Phi) is 7.59. The van der Waals surface area contributed by atoms with Crippen molar-refractivity contribution in [2.75, 3.05) is 26.2 Å². The van der Waals surface area contributed by atoms with E-state index >= 15 is 0 Å². The minimum atomic E-state index is -0.361. The highest BCUT2D eigenvalue weighted by molar-refractivity contribution is 9.10. The number of fused-ring (bicyclic) bond motifs is 2. The second-order valence-electron chi connectivity index (χ2n) is 10.7. The monoisotopic (exact) mass is 572 g/mol. The van der Waals surface area contributed by atoms with Crippen LogP contribution >= 0.6 is 27.5 Å². The first-order valence-corrected chi connectivity index (χ1v) is 14.2. The third-order valence-electron chi connectivity index (χ3n) is 8.35. The molecule has 0 saturated carbocycles. The van der Waals surface area contributed by atoms with Crippen LogP contribution in [0.5, 0.6) is 0 Å². The average molecular weight is 574 g/mol. The summed E-state index contributed by atoms with van der Waals surface area (Å²) in [4.78, 5) is 33.1. The van der Waals surface area contributed by atoms with Gasteiger partial charge in [0.2, 0.25) is 5.91 Å². The Hall–Kier alpha value is -2.12. The number of carbonyl (C=O) groups is 2. The summed E-state index contributed by atoms with van der Waals surface area (Å²) in [7, 11) is 0. The van der Waals surface area contributed by atoms with Crippen LogP contribution < -0.4 is 5.73 Å². The molecule has 1 aliphatic carbocycles. The number of nitrogens with zero attached hydrogens (tertiary/aromatic N) is 3. The molecule has 0 bridgehead atoms. The second-order valence-corrected chi connectivity index (χ2v) is 12.0. The van der Waals surface area contributed by atoms with E-state index in [4.69, 9.17) is 22.3 Å². The number of hydrogen-bond donors (Lipinski definition) is 1. The summed E-state index contributed by atoms with van der Waals surface area (Å²) < 4.78 is 1.01. The number of halogens is 2. The third-order valence-corrected chi connectivity index (χ3v) is 9.10. The number of carbonyl (C=O) groups excluding carboxylic acids is 2. The van der Waals surface area contributed by atoms with E-state index in [9.17, 15) is 9.59 Å². The van der Waals surface area contributed by atoms with Gasteiger partial charge in [-0.05, 0) is 108 Å². The molecule has 2 saturated heterocycles. The first kappa shape index (κ1) is 25.5. The second kappa shape index (κ2) is 10.7. The number of piperidine rings is 2. The minimum Gasteiger partial charge on any atom is -0.351 e. The molecule has 2 aromatic rings. The lowest BCUT2D eigenvalue weighted by atomic mass is 9.76. The molecule has 3 aliphatic rings. The van der Waals surface area contributed by atoms with E-state index in [0.717, 1.165) is 66.8 Å². The molecule has 3 heterocycles. The number of aryl methyl sites for hydroxylation is 3. The summed E-state index contributed by atoms with van der Waals surface area (Å²) in [6, 6.07) is 6.22. The summed E-state index contributed by atoms with van der Waals surface area (Å²) in [6.45, 7) is 4.95. The Balaban J connectivity index is 1.31. The number of nitrogens with two attached hydrogens (primary N) is 1. The standard InChI is InChI=1S/C28H34BrClN4O2/c1-17-12-20-2-3-21-15-22(29)16-32-27(21)26(25(20)23(30)13-17)19-6-10-33(11-7-19)24(35)14-18-4-8-34(9-5-18)28(31)36/h12-13,15-16,18-19,26H,2-11,14H2,1H3,(H2,31,36). The molecule has 2 fully saturated rings. The summed E-state index contributed by atoms with van der Waals surface area (Å²) in [5.74, 6) is 1.10. The van der Waals surface area contributed by atoms with Crippen molar-refractivity contribution in [1.29, 1.82) is 0 Å². The van der Waals surface area contributed by atoms with E-state index in [1.807, 2.05) is 11.1 Å². The minimum absolute atomic E-state index is 0.147. The van der Waals surface area contributed by atoms with Gasteiger partial charge < -0.3 is 15.5 Å². The van der Waals surface area contributed by atoms with Gasteiger partial charge in [0.1, 0.15) is 0 Å². The Morgan fingerprint density at radius 3 is 2.39 bits per heavy atom. The van der Waals surface area contributed by atoms with Crippen molar-refractivity contribution in [1.82, 2.24) is 14.8 Å². The Bertz CT molecular complexity index is 1160. The van der Waals surface area contributed by atoms with Crippen molar-refractivity contribution in [3.05, 3.63) is 61.8 Å². The number of urea groups is 1. The van der Waals surface area contributed by atoms with Crippen molar-refractivity contribution in [2.45, 2.75) is 57.8 Å². The van der Waals surface area contributed by atoms with Crippen LogP contribution in [0.25, 0.3) is 0 Å². The number of primary amides is 1. The zero-order valence-corrected chi connectivity index (χ0v) is 23.2. The molecular weight excluding hydrogens is 540 g/mol. The van der Waals surface area contributed by atoms with Crippen molar-refractivity contribution in [3.8, 4) is 0 Å². The molecular formula is C28H34BrClN4O2. The van der Waals surface area contributed by atoms with Gasteiger partial charge in [-0.3, -0.25) is 9.78 Å². The predicted molar refractivity (Wildman–Crippen MR) is 145 cm³/mol. The van der Waals surface area contributed by atoms with Gasteiger partial charge in [-0.15, -0.1) is 0 Å². The molecule has 3 amide bonds. The zero-order chi connectivity index (χ0) is 25.4. The molecule has 1 aromatic heterocycles. The average Bonchev–Trinajstić information content (AvgIpc) is 3.01. The number of aromatic nitrogens is 1. The number of likely N-dealkylation sites (tertiary alicyclic amines) is 2. The van der Waals surface area contributed by atoms with Crippen LogP contribution in [0.4, 0.5) is 4.79 Å². The maximum atomic E-state index is 13.1. The first-order chi connectivity index (χ1) is 17.3. The molecule has 5 rings (SSSR count). The van der Waals surface area contributed by atoms with Gasteiger partial charge in [0.15, 0.2) is 0 Å². The lowest BCUT2D eigenvalue weighted by Crippen LogP contribution is -2.44. The van der Waals surface area contributed by atoms with E-state index in [1.54, 1.807) is 4.90 Å². The van der Waals surface area contributed by atoms with Crippen molar-refractivity contribution < 1.29 is 9.59 Å². The van der Waals surface area contributed by atoms with Crippen LogP contribution in [0.3, 0.4) is 0 Å². The van der Waals surface area contributed by atoms with Gasteiger partial charge >= 0.3 is 6.03 Å². The largest absolute Gasteiger partial charge is 0.351 e. The molecule has 36 heavy (non-hydrogen) atoms.